The van der Waals surface area contributed by atoms with Crippen LogP contribution in [0.5, 0.6) is 0 Å². The quantitative estimate of drug-likeness (QED) is 0.0664. The molecule has 14 heteroatoms. The molecule has 0 aliphatic carbocycles. The Morgan fingerprint density at radius 3 is 1.94 bits per heavy atom. The maximum absolute atomic E-state index is 13.0. The van der Waals surface area contributed by atoms with Crippen molar-refractivity contribution in [1.29, 1.82) is 0 Å². The lowest BCUT2D eigenvalue weighted by Crippen LogP contribution is -2.58. The maximum Gasteiger partial charge on any atom is 0.326 e. The van der Waals surface area contributed by atoms with Gasteiger partial charge in [0.05, 0.1) is 6.04 Å². The van der Waals surface area contributed by atoms with Crippen LogP contribution in [0.25, 0.3) is 0 Å². The first kappa shape index (κ1) is 30.6. The molecule has 0 aromatic carbocycles. The van der Waals surface area contributed by atoms with E-state index in [1.54, 1.807) is 6.92 Å². The zero-order chi connectivity index (χ0) is 26.4. The Bertz CT molecular complexity index is 754. The molecule has 0 fully saturated rings. The van der Waals surface area contributed by atoms with Gasteiger partial charge in [0.1, 0.15) is 18.1 Å². The van der Waals surface area contributed by atoms with E-state index < -0.39 is 60.2 Å². The van der Waals surface area contributed by atoms with Crippen LogP contribution in [0, 0.1) is 5.92 Å². The summed E-state index contributed by atoms with van der Waals surface area (Å²) in [6.07, 6.45) is 0.0372. The molecule has 5 unspecified atom stereocenters. The van der Waals surface area contributed by atoms with Gasteiger partial charge in [-0.1, -0.05) is 20.3 Å². The Kier molecular flexibility index (Phi) is 13.9. The molecule has 0 saturated carbocycles. The van der Waals surface area contributed by atoms with E-state index in [0.29, 0.717) is 6.42 Å². The summed E-state index contributed by atoms with van der Waals surface area (Å²) in [5, 5.41) is 25.5. The fourth-order valence-electron chi connectivity index (χ4n) is 2.82. The van der Waals surface area contributed by atoms with Gasteiger partial charge in [0.15, 0.2) is 5.96 Å². The predicted molar refractivity (Wildman–Crippen MR) is 123 cm³/mol. The number of hydrogen-bond acceptors (Lipinski definition) is 7. The van der Waals surface area contributed by atoms with Gasteiger partial charge in [-0.05, 0) is 32.1 Å². The molecule has 0 aliphatic heterocycles. The molecule has 3 amide bonds. The summed E-state index contributed by atoms with van der Waals surface area (Å²) in [6, 6.07) is -4.50. The lowest BCUT2D eigenvalue weighted by Gasteiger charge is -2.27. The highest BCUT2D eigenvalue weighted by atomic mass is 16.4. The molecule has 0 bridgehead atoms. The van der Waals surface area contributed by atoms with Crippen LogP contribution in [-0.4, -0.2) is 76.5 Å². The number of nitrogens with one attached hydrogen (secondary N) is 3. The third kappa shape index (κ3) is 12.0. The number of amides is 3. The van der Waals surface area contributed by atoms with Crippen LogP contribution in [0.4, 0.5) is 0 Å². The number of carbonyl (C=O) groups excluding carboxylic acids is 3. The van der Waals surface area contributed by atoms with E-state index in [2.05, 4.69) is 20.9 Å². The molecule has 0 radical (unpaired) electrons. The minimum atomic E-state index is -1.47. The van der Waals surface area contributed by atoms with Gasteiger partial charge in [-0.25, -0.2) is 4.79 Å². The van der Waals surface area contributed by atoms with E-state index >= 15 is 0 Å². The summed E-state index contributed by atoms with van der Waals surface area (Å²) in [4.78, 5) is 63.9. The Hall–Kier alpha value is -3.42. The molecule has 0 spiro atoms. The van der Waals surface area contributed by atoms with E-state index in [4.69, 9.17) is 22.3 Å². The average Bonchev–Trinajstić information content (AvgIpc) is 2.75. The van der Waals surface area contributed by atoms with Gasteiger partial charge >= 0.3 is 11.9 Å². The van der Waals surface area contributed by atoms with Crippen LogP contribution < -0.4 is 33.2 Å². The Balaban J connectivity index is 5.61. The summed E-state index contributed by atoms with van der Waals surface area (Å²) in [6.45, 7) is 5.18. The van der Waals surface area contributed by atoms with Crippen LogP contribution in [0.15, 0.2) is 4.99 Å². The molecule has 0 rings (SSSR count). The zero-order valence-corrected chi connectivity index (χ0v) is 19.7. The third-order valence-corrected chi connectivity index (χ3v) is 5.05. The number of aliphatic carboxylic acids is 2. The molecular formula is C20H37N7O7. The van der Waals surface area contributed by atoms with Crippen molar-refractivity contribution in [3.63, 3.8) is 0 Å². The van der Waals surface area contributed by atoms with Gasteiger partial charge in [-0.15, -0.1) is 0 Å². The second-order valence-corrected chi connectivity index (χ2v) is 8.00. The normalized spacial score (nSPS) is 15.1. The third-order valence-electron chi connectivity index (χ3n) is 5.05. The molecule has 0 saturated heterocycles. The molecule has 194 valence electrons. The van der Waals surface area contributed by atoms with Crippen molar-refractivity contribution in [3.05, 3.63) is 0 Å². The highest BCUT2D eigenvalue weighted by Crippen LogP contribution is 2.10. The van der Waals surface area contributed by atoms with E-state index in [-0.39, 0.29) is 37.7 Å². The molecule has 0 aromatic heterocycles. The largest absolute Gasteiger partial charge is 0.481 e. The number of carbonyl (C=O) groups is 5. The van der Waals surface area contributed by atoms with Crippen LogP contribution >= 0.6 is 0 Å². The number of carboxylic acid groups (broad SMARTS) is 2. The molecule has 34 heavy (non-hydrogen) atoms. The average molecular weight is 488 g/mol. The second kappa shape index (κ2) is 15.4. The number of aliphatic imine (C=N–C) groups is 1. The number of carboxylic acids is 2. The van der Waals surface area contributed by atoms with Crippen molar-refractivity contribution in [2.75, 3.05) is 6.54 Å². The fourth-order valence-corrected chi connectivity index (χ4v) is 2.82. The van der Waals surface area contributed by atoms with Crippen molar-refractivity contribution in [2.45, 2.75) is 77.0 Å². The first-order valence-corrected chi connectivity index (χ1v) is 11.0. The van der Waals surface area contributed by atoms with Crippen LogP contribution in [0.2, 0.25) is 0 Å². The summed E-state index contributed by atoms with van der Waals surface area (Å²) < 4.78 is 0. The van der Waals surface area contributed by atoms with E-state index in [1.165, 1.54) is 6.92 Å². The molecule has 0 heterocycles. The highest BCUT2D eigenvalue weighted by molar-refractivity contribution is 5.94. The number of rotatable bonds is 16. The summed E-state index contributed by atoms with van der Waals surface area (Å²) >= 11 is 0. The number of hydrogen-bond donors (Lipinski definition) is 8. The lowest BCUT2D eigenvalue weighted by atomic mass is 9.97. The van der Waals surface area contributed by atoms with Crippen LogP contribution in [0.1, 0.15) is 52.9 Å². The molecule has 11 N–H and O–H groups in total. The second-order valence-electron chi connectivity index (χ2n) is 8.00. The van der Waals surface area contributed by atoms with Crippen molar-refractivity contribution in [3.8, 4) is 0 Å². The lowest BCUT2D eigenvalue weighted by molar-refractivity contribution is -0.143. The van der Waals surface area contributed by atoms with Gasteiger partial charge in [-0.3, -0.25) is 24.2 Å². The van der Waals surface area contributed by atoms with Crippen molar-refractivity contribution in [2.24, 2.45) is 28.1 Å². The van der Waals surface area contributed by atoms with Gasteiger partial charge < -0.3 is 43.4 Å². The Morgan fingerprint density at radius 2 is 1.47 bits per heavy atom. The first-order valence-electron chi connectivity index (χ1n) is 11.0. The Labute approximate surface area is 198 Å². The van der Waals surface area contributed by atoms with Gasteiger partial charge in [0, 0.05) is 13.0 Å². The van der Waals surface area contributed by atoms with Crippen molar-refractivity contribution in [1.82, 2.24) is 16.0 Å². The number of nitrogens with two attached hydrogens (primary N) is 3. The molecule has 5 atom stereocenters. The van der Waals surface area contributed by atoms with Crippen LogP contribution in [-0.2, 0) is 24.0 Å². The monoisotopic (exact) mass is 487 g/mol. The van der Waals surface area contributed by atoms with Crippen LogP contribution in [0.3, 0.4) is 0 Å². The predicted octanol–water partition coefficient (Wildman–Crippen LogP) is -2.16. The number of guanidine groups is 1. The van der Waals surface area contributed by atoms with Gasteiger partial charge in [0.2, 0.25) is 17.7 Å². The molecule has 0 aromatic rings. The molecule has 14 nitrogen and oxygen atoms in total. The topological polar surface area (TPSA) is 252 Å². The van der Waals surface area contributed by atoms with E-state index in [0.717, 1.165) is 0 Å². The summed E-state index contributed by atoms with van der Waals surface area (Å²) in [5.74, 6) is -5.10. The smallest absolute Gasteiger partial charge is 0.326 e. The highest BCUT2D eigenvalue weighted by Gasteiger charge is 2.32. The molecular weight excluding hydrogens is 450 g/mol. The summed E-state index contributed by atoms with van der Waals surface area (Å²) in [5.41, 5.74) is 16.1. The SMILES string of the molecule is CCC(C)C(NC(=O)C(C)N)C(=O)NC(CCCN=C(N)N)C(=O)NC(CCC(=O)O)C(=O)O. The minimum absolute atomic E-state index is 0.0497. The zero-order valence-electron chi connectivity index (χ0n) is 19.7. The maximum atomic E-state index is 13.0. The first-order chi connectivity index (χ1) is 15.8. The fraction of sp³-hybridized carbons (Fsp3) is 0.700. The van der Waals surface area contributed by atoms with E-state index in [9.17, 15) is 29.1 Å². The Morgan fingerprint density at radius 1 is 0.882 bits per heavy atom. The standard InChI is InChI=1S/C20H37N7O7/c1-4-10(2)15(27-16(30)11(3)21)18(32)25-12(6-5-9-24-20(22)23)17(31)26-13(19(33)34)7-8-14(28)29/h10-13,15H,4-9,21H2,1-3H3,(H,25,32)(H,26,31)(H,27,30)(H,28,29)(H,33,34)(H4,22,23,24). The number of nitrogens with zero attached hydrogens (tertiary/aromatic N) is 1. The summed E-state index contributed by atoms with van der Waals surface area (Å²) in [7, 11) is 0. The van der Waals surface area contributed by atoms with Gasteiger partial charge in [-0.2, -0.15) is 0 Å². The van der Waals surface area contributed by atoms with Gasteiger partial charge in [0.25, 0.3) is 0 Å². The minimum Gasteiger partial charge on any atom is -0.481 e. The molecule has 0 aliphatic rings. The van der Waals surface area contributed by atoms with Crippen molar-refractivity contribution >= 4 is 35.6 Å². The van der Waals surface area contributed by atoms with Crippen molar-refractivity contribution < 1.29 is 34.2 Å². The van der Waals surface area contributed by atoms with E-state index in [1.807, 2.05) is 6.92 Å².